The Morgan fingerprint density at radius 2 is 1.86 bits per heavy atom. The summed E-state index contributed by atoms with van der Waals surface area (Å²) in [5.41, 5.74) is 2.12. The van der Waals surface area contributed by atoms with Crippen LogP contribution in [0.3, 0.4) is 0 Å². The molecule has 2 saturated heterocycles. The Morgan fingerprint density at radius 3 is 2.62 bits per heavy atom. The van der Waals surface area contributed by atoms with Crippen molar-refractivity contribution in [2.75, 3.05) is 0 Å². The maximum atomic E-state index is 13.0. The molecule has 2 unspecified atom stereocenters. The van der Waals surface area contributed by atoms with Crippen molar-refractivity contribution in [3.05, 3.63) is 36.2 Å². The molecule has 1 amide bonds. The molecule has 3 heterocycles. The van der Waals surface area contributed by atoms with Gasteiger partial charge in [-0.2, -0.15) is 0 Å². The molecular formula is C16H16ClN3O. The molecule has 2 aliphatic rings. The van der Waals surface area contributed by atoms with Crippen LogP contribution in [0.2, 0.25) is 0 Å². The number of fused-ring (bicyclic) bond motifs is 3. The van der Waals surface area contributed by atoms with Gasteiger partial charge < -0.3 is 4.90 Å². The molecule has 108 valence electrons. The quantitative estimate of drug-likeness (QED) is 0.761. The Kier molecular flexibility index (Phi) is 3.07. The van der Waals surface area contributed by atoms with Crippen molar-refractivity contribution in [1.82, 2.24) is 14.9 Å². The van der Waals surface area contributed by atoms with Gasteiger partial charge in [0.15, 0.2) is 0 Å². The normalized spacial score (nSPS) is 28.0. The molecule has 2 aliphatic heterocycles. The Morgan fingerprint density at radius 1 is 1.14 bits per heavy atom. The van der Waals surface area contributed by atoms with Crippen molar-refractivity contribution < 1.29 is 4.79 Å². The van der Waals surface area contributed by atoms with Gasteiger partial charge in [-0.05, 0) is 37.8 Å². The molecule has 0 aliphatic carbocycles. The fraction of sp³-hybridized carbons (Fsp3) is 0.438. The van der Waals surface area contributed by atoms with E-state index in [0.29, 0.717) is 11.1 Å². The fourth-order valence-corrected chi connectivity index (χ4v) is 4.16. The summed E-state index contributed by atoms with van der Waals surface area (Å²) in [4.78, 5) is 23.7. The van der Waals surface area contributed by atoms with E-state index in [-0.39, 0.29) is 23.4 Å². The second-order valence-electron chi connectivity index (χ2n) is 5.90. The summed E-state index contributed by atoms with van der Waals surface area (Å²) in [5.74, 6) is 0.0807. The van der Waals surface area contributed by atoms with Crippen molar-refractivity contribution in [3.63, 3.8) is 0 Å². The van der Waals surface area contributed by atoms with E-state index in [9.17, 15) is 4.79 Å². The molecule has 2 bridgehead atoms. The number of rotatable bonds is 1. The molecule has 21 heavy (non-hydrogen) atoms. The average molecular weight is 302 g/mol. The van der Waals surface area contributed by atoms with Gasteiger partial charge in [0.2, 0.25) is 0 Å². The number of para-hydroxylation sites is 1. The van der Waals surface area contributed by atoms with Crippen LogP contribution in [0, 0.1) is 0 Å². The van der Waals surface area contributed by atoms with E-state index in [2.05, 4.69) is 9.97 Å². The van der Waals surface area contributed by atoms with Crippen LogP contribution in [0.4, 0.5) is 0 Å². The van der Waals surface area contributed by atoms with Crippen LogP contribution in [0.1, 0.15) is 36.0 Å². The number of halogens is 1. The Labute approximate surface area is 128 Å². The van der Waals surface area contributed by atoms with Crippen molar-refractivity contribution >= 4 is 28.5 Å². The van der Waals surface area contributed by atoms with Crippen LogP contribution < -0.4 is 0 Å². The lowest BCUT2D eigenvalue weighted by Crippen LogP contribution is -2.47. The third-order valence-corrected chi connectivity index (χ3v) is 5.00. The Hall–Kier alpha value is -1.68. The zero-order valence-electron chi connectivity index (χ0n) is 11.6. The van der Waals surface area contributed by atoms with Crippen LogP contribution in [0.5, 0.6) is 0 Å². The second-order valence-corrected chi connectivity index (χ2v) is 6.51. The third-order valence-electron chi connectivity index (χ3n) is 4.64. The van der Waals surface area contributed by atoms with Crippen LogP contribution in [0.15, 0.2) is 30.6 Å². The van der Waals surface area contributed by atoms with E-state index in [1.54, 1.807) is 12.4 Å². The van der Waals surface area contributed by atoms with E-state index >= 15 is 0 Å². The minimum absolute atomic E-state index is 0.0807. The molecule has 0 N–H and O–H groups in total. The molecule has 2 atom stereocenters. The number of carbonyl (C=O) groups is 1. The first kappa shape index (κ1) is 13.0. The molecule has 0 radical (unpaired) electrons. The summed E-state index contributed by atoms with van der Waals surface area (Å²) in [6, 6.07) is 6.18. The predicted molar refractivity (Wildman–Crippen MR) is 81.4 cm³/mol. The van der Waals surface area contributed by atoms with Crippen LogP contribution in [-0.2, 0) is 0 Å². The molecule has 1 aromatic carbocycles. The SMILES string of the molecule is O=C(c1cccc2nccnc12)N1C2CCC1CC(Cl)C2. The number of amides is 1. The summed E-state index contributed by atoms with van der Waals surface area (Å²) in [6.07, 6.45) is 7.23. The molecular weight excluding hydrogens is 286 g/mol. The molecule has 4 nitrogen and oxygen atoms in total. The summed E-state index contributed by atoms with van der Waals surface area (Å²) in [7, 11) is 0. The van der Waals surface area contributed by atoms with Crippen LogP contribution in [-0.4, -0.2) is 38.2 Å². The van der Waals surface area contributed by atoms with Gasteiger partial charge in [-0.1, -0.05) is 6.07 Å². The van der Waals surface area contributed by atoms with Gasteiger partial charge in [0.25, 0.3) is 5.91 Å². The number of nitrogens with zero attached hydrogens (tertiary/aromatic N) is 3. The average Bonchev–Trinajstić information content (AvgIpc) is 2.78. The molecule has 4 rings (SSSR count). The summed E-state index contributed by atoms with van der Waals surface area (Å²) in [6.45, 7) is 0. The Bertz CT molecular complexity index is 685. The lowest BCUT2D eigenvalue weighted by atomic mass is 10.0. The highest BCUT2D eigenvalue weighted by Gasteiger charge is 2.43. The maximum absolute atomic E-state index is 13.0. The predicted octanol–water partition coefficient (Wildman–Crippen LogP) is 3.00. The first-order valence-corrected chi connectivity index (χ1v) is 7.84. The van der Waals surface area contributed by atoms with E-state index < -0.39 is 0 Å². The fourth-order valence-electron chi connectivity index (χ4n) is 3.75. The standard InChI is InChI=1S/C16H16ClN3O/c17-10-8-11-4-5-12(9-10)20(11)16(21)13-2-1-3-14-15(13)19-7-6-18-14/h1-3,6-7,10-12H,4-5,8-9H2. The molecule has 2 fully saturated rings. The zero-order chi connectivity index (χ0) is 14.4. The van der Waals surface area contributed by atoms with Gasteiger partial charge in [0, 0.05) is 29.9 Å². The lowest BCUT2D eigenvalue weighted by molar-refractivity contribution is 0.0601. The topological polar surface area (TPSA) is 46.1 Å². The zero-order valence-corrected chi connectivity index (χ0v) is 12.3. The monoisotopic (exact) mass is 301 g/mol. The third kappa shape index (κ3) is 2.09. The Balaban J connectivity index is 1.74. The molecule has 0 saturated carbocycles. The number of benzene rings is 1. The number of aromatic nitrogens is 2. The minimum atomic E-state index is 0.0807. The first-order chi connectivity index (χ1) is 10.2. The van der Waals surface area contributed by atoms with Gasteiger partial charge >= 0.3 is 0 Å². The maximum Gasteiger partial charge on any atom is 0.256 e. The number of piperidine rings is 1. The van der Waals surface area contributed by atoms with Gasteiger partial charge in [0.05, 0.1) is 11.1 Å². The van der Waals surface area contributed by atoms with Crippen molar-refractivity contribution in [3.8, 4) is 0 Å². The highest BCUT2D eigenvalue weighted by atomic mass is 35.5. The molecule has 5 heteroatoms. The highest BCUT2D eigenvalue weighted by molar-refractivity contribution is 6.20. The molecule has 0 spiro atoms. The number of carbonyl (C=O) groups excluding carboxylic acids is 1. The number of hydrogen-bond donors (Lipinski definition) is 0. The van der Waals surface area contributed by atoms with Gasteiger partial charge in [-0.3, -0.25) is 14.8 Å². The van der Waals surface area contributed by atoms with Crippen molar-refractivity contribution in [2.24, 2.45) is 0 Å². The highest BCUT2D eigenvalue weighted by Crippen LogP contribution is 2.39. The van der Waals surface area contributed by atoms with E-state index in [1.807, 2.05) is 23.1 Å². The largest absolute Gasteiger partial charge is 0.333 e. The molecule has 2 aromatic rings. The van der Waals surface area contributed by atoms with Crippen LogP contribution >= 0.6 is 11.6 Å². The molecule has 1 aromatic heterocycles. The van der Waals surface area contributed by atoms with E-state index in [0.717, 1.165) is 31.2 Å². The summed E-state index contributed by atoms with van der Waals surface area (Å²) >= 11 is 6.30. The number of hydrogen-bond acceptors (Lipinski definition) is 3. The van der Waals surface area contributed by atoms with E-state index in [4.69, 9.17) is 11.6 Å². The van der Waals surface area contributed by atoms with Crippen molar-refractivity contribution in [2.45, 2.75) is 43.1 Å². The minimum Gasteiger partial charge on any atom is -0.333 e. The summed E-state index contributed by atoms with van der Waals surface area (Å²) in [5, 5.41) is 0.207. The van der Waals surface area contributed by atoms with Gasteiger partial charge in [-0.15, -0.1) is 11.6 Å². The van der Waals surface area contributed by atoms with Crippen LogP contribution in [0.25, 0.3) is 11.0 Å². The number of alkyl halides is 1. The van der Waals surface area contributed by atoms with E-state index in [1.165, 1.54) is 0 Å². The van der Waals surface area contributed by atoms with Crippen molar-refractivity contribution in [1.29, 1.82) is 0 Å². The summed E-state index contributed by atoms with van der Waals surface area (Å²) < 4.78 is 0. The first-order valence-electron chi connectivity index (χ1n) is 7.40. The van der Waals surface area contributed by atoms with Gasteiger partial charge in [-0.25, -0.2) is 0 Å². The lowest BCUT2D eigenvalue weighted by Gasteiger charge is -2.37. The second kappa shape index (κ2) is 4.95. The van der Waals surface area contributed by atoms with Gasteiger partial charge in [0.1, 0.15) is 5.52 Å². The smallest absolute Gasteiger partial charge is 0.256 e.